The fourth-order valence-electron chi connectivity index (χ4n) is 2.99. The molecule has 11 heteroatoms. The third kappa shape index (κ3) is 4.80. The van der Waals surface area contributed by atoms with E-state index in [4.69, 9.17) is 24.4 Å². The van der Waals surface area contributed by atoms with Crippen molar-refractivity contribution in [2.24, 2.45) is 0 Å². The molecule has 166 valence electrons. The number of imidazole rings is 1. The van der Waals surface area contributed by atoms with Gasteiger partial charge in [0.25, 0.3) is 0 Å². The molecule has 1 saturated heterocycles. The van der Waals surface area contributed by atoms with Crippen molar-refractivity contribution in [2.45, 2.75) is 70.7 Å². The van der Waals surface area contributed by atoms with Crippen LogP contribution in [0.3, 0.4) is 0 Å². The SMILES string of the molecule is CC(=O)OCOC1C[C@H](n2cnc3c(N)ncnc32)O[C@@H]1CO[Si](C)(C)C(C)(C)C. The summed E-state index contributed by atoms with van der Waals surface area (Å²) in [7, 11) is -1.97. The van der Waals surface area contributed by atoms with E-state index < -0.39 is 14.3 Å². The molecular weight excluding hydrogens is 406 g/mol. The van der Waals surface area contributed by atoms with Crippen molar-refractivity contribution in [3.8, 4) is 0 Å². The summed E-state index contributed by atoms with van der Waals surface area (Å²) in [6.45, 7) is 12.6. The van der Waals surface area contributed by atoms with Crippen LogP contribution < -0.4 is 5.73 Å². The highest BCUT2D eigenvalue weighted by Gasteiger charge is 2.42. The van der Waals surface area contributed by atoms with Gasteiger partial charge in [-0.2, -0.15) is 0 Å². The van der Waals surface area contributed by atoms with Gasteiger partial charge in [-0.25, -0.2) is 15.0 Å². The molecule has 0 spiro atoms. The number of hydrogen-bond acceptors (Lipinski definition) is 9. The van der Waals surface area contributed by atoms with Gasteiger partial charge in [0, 0.05) is 13.3 Å². The lowest BCUT2D eigenvalue weighted by molar-refractivity contribution is -0.161. The van der Waals surface area contributed by atoms with E-state index in [1.165, 1.54) is 13.3 Å². The predicted octanol–water partition coefficient (Wildman–Crippen LogP) is 2.62. The minimum Gasteiger partial charge on any atom is -0.439 e. The fraction of sp³-hybridized carbons (Fsp3) is 0.684. The number of carbonyl (C=O) groups excluding carboxylic acids is 1. The zero-order valence-electron chi connectivity index (χ0n) is 18.4. The minimum atomic E-state index is -1.97. The number of rotatable bonds is 7. The lowest BCUT2D eigenvalue weighted by Gasteiger charge is -2.37. The number of hydrogen-bond donors (Lipinski definition) is 1. The molecular formula is C19H31N5O5Si. The van der Waals surface area contributed by atoms with E-state index in [2.05, 4.69) is 48.8 Å². The highest BCUT2D eigenvalue weighted by molar-refractivity contribution is 6.74. The first-order chi connectivity index (χ1) is 14.0. The zero-order valence-corrected chi connectivity index (χ0v) is 19.4. The number of aromatic nitrogens is 4. The fourth-order valence-corrected chi connectivity index (χ4v) is 4.00. The number of fused-ring (bicyclic) bond motifs is 1. The van der Waals surface area contributed by atoms with Crippen LogP contribution in [-0.4, -0.2) is 59.4 Å². The first-order valence-corrected chi connectivity index (χ1v) is 12.9. The van der Waals surface area contributed by atoms with Crippen LogP contribution >= 0.6 is 0 Å². The number of carbonyl (C=O) groups is 1. The van der Waals surface area contributed by atoms with Crippen molar-refractivity contribution in [2.75, 3.05) is 19.1 Å². The Bertz CT molecular complexity index is 897. The molecule has 3 rings (SSSR count). The third-order valence-electron chi connectivity index (χ3n) is 5.84. The maximum atomic E-state index is 11.1. The molecule has 30 heavy (non-hydrogen) atoms. The number of nitrogen functional groups attached to an aromatic ring is 1. The number of anilines is 1. The second kappa shape index (κ2) is 8.58. The van der Waals surface area contributed by atoms with E-state index in [0.29, 0.717) is 30.0 Å². The molecule has 1 aliphatic rings. The van der Waals surface area contributed by atoms with Crippen molar-refractivity contribution in [1.29, 1.82) is 0 Å². The maximum absolute atomic E-state index is 11.1. The lowest BCUT2D eigenvalue weighted by Crippen LogP contribution is -2.44. The average Bonchev–Trinajstić information content (AvgIpc) is 3.23. The Morgan fingerprint density at radius 2 is 2.07 bits per heavy atom. The van der Waals surface area contributed by atoms with Crippen LogP contribution in [0.15, 0.2) is 12.7 Å². The van der Waals surface area contributed by atoms with Gasteiger partial charge in [0.1, 0.15) is 24.2 Å². The van der Waals surface area contributed by atoms with Crippen molar-refractivity contribution in [3.05, 3.63) is 12.7 Å². The Hall–Kier alpha value is -2.08. The third-order valence-corrected chi connectivity index (χ3v) is 10.3. The van der Waals surface area contributed by atoms with Crippen LogP contribution in [0.2, 0.25) is 18.1 Å². The summed E-state index contributed by atoms with van der Waals surface area (Å²) in [6, 6.07) is 0. The monoisotopic (exact) mass is 437 g/mol. The molecule has 2 aromatic rings. The predicted molar refractivity (Wildman–Crippen MR) is 113 cm³/mol. The molecule has 0 aromatic carbocycles. The molecule has 2 N–H and O–H groups in total. The number of esters is 1. The van der Waals surface area contributed by atoms with Gasteiger partial charge >= 0.3 is 5.97 Å². The van der Waals surface area contributed by atoms with Gasteiger partial charge in [-0.1, -0.05) is 20.8 Å². The van der Waals surface area contributed by atoms with Crippen LogP contribution in [0.25, 0.3) is 11.2 Å². The van der Waals surface area contributed by atoms with Gasteiger partial charge in [0.05, 0.1) is 19.0 Å². The number of nitrogens with two attached hydrogens (primary N) is 1. The van der Waals surface area contributed by atoms with Crippen molar-refractivity contribution < 1.29 is 23.4 Å². The molecule has 3 atom stereocenters. The summed E-state index contributed by atoms with van der Waals surface area (Å²) < 4.78 is 25.2. The van der Waals surface area contributed by atoms with Gasteiger partial charge in [-0.05, 0) is 18.1 Å². The van der Waals surface area contributed by atoms with Crippen LogP contribution in [0.1, 0.15) is 40.3 Å². The van der Waals surface area contributed by atoms with E-state index in [-0.39, 0.29) is 30.3 Å². The Labute approximate surface area is 177 Å². The van der Waals surface area contributed by atoms with E-state index in [1.807, 2.05) is 4.57 Å². The van der Waals surface area contributed by atoms with E-state index >= 15 is 0 Å². The van der Waals surface area contributed by atoms with Gasteiger partial charge in [0.2, 0.25) is 0 Å². The Balaban J connectivity index is 1.77. The largest absolute Gasteiger partial charge is 0.439 e. The summed E-state index contributed by atoms with van der Waals surface area (Å²) in [4.78, 5) is 23.7. The maximum Gasteiger partial charge on any atom is 0.304 e. The van der Waals surface area contributed by atoms with E-state index in [0.717, 1.165) is 0 Å². The molecule has 3 heterocycles. The minimum absolute atomic E-state index is 0.0775. The molecule has 10 nitrogen and oxygen atoms in total. The molecule has 2 aromatic heterocycles. The molecule has 1 fully saturated rings. The summed E-state index contributed by atoms with van der Waals surface area (Å²) in [5, 5.41) is 0.0775. The first-order valence-electron chi connectivity index (χ1n) is 9.97. The Morgan fingerprint density at radius 1 is 1.33 bits per heavy atom. The van der Waals surface area contributed by atoms with Crippen LogP contribution in [0, 0.1) is 0 Å². The highest BCUT2D eigenvalue weighted by atomic mass is 28.4. The second-order valence-corrected chi connectivity index (χ2v) is 13.8. The van der Waals surface area contributed by atoms with Gasteiger partial charge in [0.15, 0.2) is 26.6 Å². The Morgan fingerprint density at radius 3 is 2.73 bits per heavy atom. The topological polar surface area (TPSA) is 124 Å². The molecule has 1 aliphatic heterocycles. The van der Waals surface area contributed by atoms with Crippen molar-refractivity contribution in [1.82, 2.24) is 19.5 Å². The van der Waals surface area contributed by atoms with Gasteiger partial charge in [-0.3, -0.25) is 9.36 Å². The lowest BCUT2D eigenvalue weighted by atomic mass is 10.2. The first kappa shape index (κ1) is 22.6. The second-order valence-electron chi connectivity index (χ2n) is 8.98. The van der Waals surface area contributed by atoms with Gasteiger partial charge in [-0.15, -0.1) is 0 Å². The Kier molecular flexibility index (Phi) is 6.46. The summed E-state index contributed by atoms with van der Waals surface area (Å²) >= 11 is 0. The smallest absolute Gasteiger partial charge is 0.304 e. The van der Waals surface area contributed by atoms with Gasteiger partial charge < -0.3 is 24.4 Å². The molecule has 0 bridgehead atoms. The van der Waals surface area contributed by atoms with E-state index in [1.54, 1.807) is 6.33 Å². The van der Waals surface area contributed by atoms with Crippen LogP contribution in [-0.2, 0) is 23.4 Å². The van der Waals surface area contributed by atoms with Crippen molar-refractivity contribution in [3.63, 3.8) is 0 Å². The summed E-state index contributed by atoms with van der Waals surface area (Å²) in [5.74, 6) is -0.0791. The van der Waals surface area contributed by atoms with Crippen LogP contribution in [0.5, 0.6) is 0 Å². The molecule has 0 radical (unpaired) electrons. The highest BCUT2D eigenvalue weighted by Crippen LogP contribution is 2.38. The standard InChI is InChI=1S/C19H31N5O5Si/c1-12(25)26-11-27-13-7-15(24-10-23-16-17(20)21-9-22-18(16)24)29-14(13)8-28-30(5,6)19(2,3)4/h9-10,13-15H,7-8,11H2,1-6H3,(H2,20,21,22)/t13?,14-,15-/m1/s1. The van der Waals surface area contributed by atoms with Crippen LogP contribution in [0.4, 0.5) is 5.82 Å². The van der Waals surface area contributed by atoms with E-state index in [9.17, 15) is 4.79 Å². The molecule has 0 aliphatic carbocycles. The number of nitrogens with zero attached hydrogens (tertiary/aromatic N) is 4. The normalized spacial score (nSPS) is 22.5. The molecule has 1 unspecified atom stereocenters. The quantitative estimate of drug-likeness (QED) is 0.395. The van der Waals surface area contributed by atoms with Crippen molar-refractivity contribution >= 4 is 31.3 Å². The molecule has 0 amide bonds. The molecule has 0 saturated carbocycles. The average molecular weight is 438 g/mol. The summed E-state index contributed by atoms with van der Waals surface area (Å²) in [5.41, 5.74) is 7.02. The zero-order chi connectivity index (χ0) is 22.1. The number of ether oxygens (including phenoxy) is 3. The summed E-state index contributed by atoms with van der Waals surface area (Å²) in [6.07, 6.45) is 2.58.